The van der Waals surface area contributed by atoms with E-state index < -0.39 is 23.7 Å². The Hall–Kier alpha value is -3.24. The molecule has 0 unspecified atom stereocenters. The van der Waals surface area contributed by atoms with Crippen LogP contribution in [0.25, 0.3) is 11.1 Å². The van der Waals surface area contributed by atoms with Crippen LogP contribution in [0, 0.1) is 0 Å². The maximum absolute atomic E-state index is 13.2. The molecule has 1 aromatic heterocycles. The van der Waals surface area contributed by atoms with Gasteiger partial charge in [-0.2, -0.15) is 18.2 Å². The van der Waals surface area contributed by atoms with E-state index in [2.05, 4.69) is 15.5 Å². The molecule has 0 spiro atoms. The molecule has 7 nitrogen and oxygen atoms in total. The van der Waals surface area contributed by atoms with E-state index in [1.165, 1.54) is 6.07 Å². The van der Waals surface area contributed by atoms with Crippen molar-refractivity contribution in [3.63, 3.8) is 0 Å². The highest BCUT2D eigenvalue weighted by atomic mass is 19.4. The van der Waals surface area contributed by atoms with Crippen molar-refractivity contribution in [1.29, 1.82) is 0 Å². The third kappa shape index (κ3) is 5.28. The first-order valence-electron chi connectivity index (χ1n) is 11.0. The van der Waals surface area contributed by atoms with Gasteiger partial charge in [0.1, 0.15) is 0 Å². The Kier molecular flexibility index (Phi) is 6.99. The van der Waals surface area contributed by atoms with Crippen LogP contribution in [-0.4, -0.2) is 29.3 Å². The smallest absolute Gasteiger partial charge is 0.381 e. The summed E-state index contributed by atoms with van der Waals surface area (Å²) in [6.07, 6.45) is -2.89. The Morgan fingerprint density at radius 1 is 1.18 bits per heavy atom. The van der Waals surface area contributed by atoms with Crippen LogP contribution >= 0.6 is 0 Å². The van der Waals surface area contributed by atoms with Gasteiger partial charge in [-0.15, -0.1) is 0 Å². The summed E-state index contributed by atoms with van der Waals surface area (Å²) in [6.45, 7) is 3.15. The first-order chi connectivity index (χ1) is 16.3. The maximum atomic E-state index is 13.2. The predicted molar refractivity (Wildman–Crippen MR) is 118 cm³/mol. The monoisotopic (exact) mass is 474 g/mol. The minimum atomic E-state index is -4.44. The molecule has 34 heavy (non-hydrogen) atoms. The third-order valence-electron chi connectivity index (χ3n) is 5.95. The first-order valence-corrected chi connectivity index (χ1v) is 11.0. The van der Waals surface area contributed by atoms with Crippen molar-refractivity contribution in [2.45, 2.75) is 44.4 Å². The summed E-state index contributed by atoms with van der Waals surface area (Å²) in [5.41, 5.74) is 7.40. The van der Waals surface area contributed by atoms with Crippen LogP contribution in [0.15, 0.2) is 47.0 Å². The molecule has 10 heteroatoms. The second-order valence-corrected chi connectivity index (χ2v) is 8.24. The number of nitrogens with one attached hydrogen (secondary N) is 1. The van der Waals surface area contributed by atoms with Gasteiger partial charge in [-0.1, -0.05) is 35.5 Å². The lowest BCUT2D eigenvalue weighted by molar-refractivity contribution is -0.137. The Bertz CT molecular complexity index is 1140. The number of halogens is 3. The molecule has 180 valence electrons. The molecular weight excluding hydrogens is 449 g/mol. The molecule has 2 aromatic carbocycles. The van der Waals surface area contributed by atoms with Gasteiger partial charge in [0, 0.05) is 25.7 Å². The van der Waals surface area contributed by atoms with Crippen LogP contribution in [0.4, 0.5) is 13.2 Å². The van der Waals surface area contributed by atoms with Gasteiger partial charge in [-0.25, -0.2) is 0 Å². The molecule has 2 heterocycles. The number of hydrogen-bond acceptors (Lipinski definition) is 6. The molecular formula is C24H25F3N4O3. The van der Waals surface area contributed by atoms with Crippen molar-refractivity contribution in [1.82, 2.24) is 15.5 Å². The fraction of sp³-hybridized carbons (Fsp3) is 0.375. The molecule has 1 aliphatic rings. The van der Waals surface area contributed by atoms with Gasteiger partial charge in [0.15, 0.2) is 5.82 Å². The second-order valence-electron chi connectivity index (χ2n) is 8.24. The highest BCUT2D eigenvalue weighted by molar-refractivity contribution is 5.89. The number of nitrogens with two attached hydrogens (primary N) is 1. The zero-order valence-electron chi connectivity index (χ0n) is 18.6. The Morgan fingerprint density at radius 2 is 1.88 bits per heavy atom. The van der Waals surface area contributed by atoms with Gasteiger partial charge in [-0.05, 0) is 54.2 Å². The number of benzene rings is 2. The summed E-state index contributed by atoms with van der Waals surface area (Å²) in [4.78, 5) is 16.8. The molecule has 1 atom stereocenters. The van der Waals surface area contributed by atoms with E-state index in [-0.39, 0.29) is 18.4 Å². The molecule has 0 aliphatic carbocycles. The summed E-state index contributed by atoms with van der Waals surface area (Å²) in [6, 6.07) is 10.1. The highest BCUT2D eigenvalue weighted by Gasteiger charge is 2.31. The maximum Gasteiger partial charge on any atom is 0.416 e. The number of ether oxygens (including phenoxy) is 1. The van der Waals surface area contributed by atoms with Crippen LogP contribution in [0.3, 0.4) is 0 Å². The molecule has 0 bridgehead atoms. The van der Waals surface area contributed by atoms with Crippen LogP contribution in [0.1, 0.15) is 64.9 Å². The molecule has 3 N–H and O–H groups in total. The SMILES string of the molecule is C[C@@H](NC(=O)c1nc(C2CCOCC2)no1)c1ccc(-c2cc(C(F)(F)F)ccc2CN)cc1. The van der Waals surface area contributed by atoms with Crippen molar-refractivity contribution in [3.05, 3.63) is 70.9 Å². The quantitative estimate of drug-likeness (QED) is 0.541. The normalized spacial score (nSPS) is 15.8. The number of carbonyl (C=O) groups excluding carboxylic acids is 1. The van der Waals surface area contributed by atoms with Crippen LogP contribution in [0.5, 0.6) is 0 Å². The molecule has 0 saturated carbocycles. The van der Waals surface area contributed by atoms with Crippen LogP contribution in [0.2, 0.25) is 0 Å². The molecule has 4 rings (SSSR count). The number of amides is 1. The minimum absolute atomic E-state index is 0.110. The van der Waals surface area contributed by atoms with Crippen molar-refractivity contribution < 1.29 is 27.2 Å². The van der Waals surface area contributed by atoms with Gasteiger partial charge in [0.05, 0.1) is 11.6 Å². The van der Waals surface area contributed by atoms with Crippen molar-refractivity contribution in [2.75, 3.05) is 13.2 Å². The number of nitrogens with zero attached hydrogens (tertiary/aromatic N) is 2. The molecule has 1 aliphatic heterocycles. The van der Waals surface area contributed by atoms with Gasteiger partial charge < -0.3 is 20.3 Å². The van der Waals surface area contributed by atoms with E-state index in [0.29, 0.717) is 35.7 Å². The summed E-state index contributed by atoms with van der Waals surface area (Å²) in [7, 11) is 0. The van der Waals surface area contributed by atoms with E-state index in [4.69, 9.17) is 15.0 Å². The fourth-order valence-electron chi connectivity index (χ4n) is 3.94. The predicted octanol–water partition coefficient (Wildman–Crippen LogP) is 4.60. The number of rotatable bonds is 6. The summed E-state index contributed by atoms with van der Waals surface area (Å²) >= 11 is 0. The highest BCUT2D eigenvalue weighted by Crippen LogP contribution is 2.34. The number of hydrogen-bond donors (Lipinski definition) is 2. The topological polar surface area (TPSA) is 103 Å². The number of aromatic nitrogens is 2. The Balaban J connectivity index is 1.46. The van der Waals surface area contributed by atoms with E-state index >= 15 is 0 Å². The lowest BCUT2D eigenvalue weighted by Gasteiger charge is -2.18. The van der Waals surface area contributed by atoms with E-state index in [0.717, 1.165) is 30.5 Å². The molecule has 1 saturated heterocycles. The van der Waals surface area contributed by atoms with Gasteiger partial charge >= 0.3 is 18.0 Å². The van der Waals surface area contributed by atoms with Gasteiger partial charge in [0.25, 0.3) is 0 Å². The molecule has 0 radical (unpaired) electrons. The van der Waals surface area contributed by atoms with E-state index in [1.54, 1.807) is 31.2 Å². The largest absolute Gasteiger partial charge is 0.416 e. The molecule has 1 amide bonds. The lowest BCUT2D eigenvalue weighted by atomic mass is 9.95. The fourth-order valence-corrected chi connectivity index (χ4v) is 3.94. The van der Waals surface area contributed by atoms with E-state index in [1.807, 2.05) is 0 Å². The zero-order chi connectivity index (χ0) is 24.3. The summed E-state index contributed by atoms with van der Waals surface area (Å²) in [5.74, 6) is 0.00715. The standard InChI is InChI=1S/C24H25F3N4O3/c1-14(29-22(32)23-30-21(31-34-23)17-8-10-33-11-9-17)15-2-4-16(5-3-15)20-12-19(24(25,26)27)7-6-18(20)13-28/h2-7,12,14,17H,8-11,13,28H2,1H3,(H,29,32)/t14-/m1/s1. The van der Waals surface area contributed by atoms with Crippen LogP contribution < -0.4 is 11.1 Å². The second kappa shape index (κ2) is 9.94. The number of alkyl halides is 3. The van der Waals surface area contributed by atoms with Crippen molar-refractivity contribution >= 4 is 5.91 Å². The Labute approximate surface area is 194 Å². The summed E-state index contributed by atoms with van der Waals surface area (Å²) in [5, 5.41) is 6.74. The average molecular weight is 474 g/mol. The minimum Gasteiger partial charge on any atom is -0.381 e. The van der Waals surface area contributed by atoms with Gasteiger partial charge in [-0.3, -0.25) is 4.79 Å². The molecule has 1 fully saturated rings. The Morgan fingerprint density at radius 3 is 2.53 bits per heavy atom. The van der Waals surface area contributed by atoms with Gasteiger partial charge in [0.2, 0.25) is 0 Å². The van der Waals surface area contributed by atoms with Crippen molar-refractivity contribution in [2.24, 2.45) is 5.73 Å². The number of carbonyl (C=O) groups is 1. The first kappa shape index (κ1) is 23.9. The lowest BCUT2D eigenvalue weighted by Crippen LogP contribution is -2.27. The average Bonchev–Trinajstić information content (AvgIpc) is 3.34. The zero-order valence-corrected chi connectivity index (χ0v) is 18.6. The molecule has 3 aromatic rings. The summed E-state index contributed by atoms with van der Waals surface area (Å²) < 4.78 is 50.0. The van der Waals surface area contributed by atoms with Crippen molar-refractivity contribution in [3.8, 4) is 11.1 Å². The third-order valence-corrected chi connectivity index (χ3v) is 5.95. The van der Waals surface area contributed by atoms with E-state index in [9.17, 15) is 18.0 Å². The van der Waals surface area contributed by atoms with Crippen LogP contribution in [-0.2, 0) is 17.5 Å².